The van der Waals surface area contributed by atoms with E-state index in [1.165, 1.54) is 24.0 Å². The summed E-state index contributed by atoms with van der Waals surface area (Å²) in [5.74, 6) is 0.672. The Balaban J connectivity index is 0.00000338. The summed E-state index contributed by atoms with van der Waals surface area (Å²) in [4.78, 5) is 9.90. The van der Waals surface area contributed by atoms with Crippen molar-refractivity contribution in [3.05, 3.63) is 18.2 Å². The number of guanidine groups is 1. The number of nitrogens with one attached hydrogen (secondary N) is 1. The molecule has 0 amide bonds. The molecule has 0 radical (unpaired) electrons. The number of imidazole rings is 1. The fraction of sp³-hybridized carbons (Fsp3) is 0.750. The molecule has 150 valence electrons. The van der Waals surface area contributed by atoms with Crippen molar-refractivity contribution in [2.45, 2.75) is 38.0 Å². The highest BCUT2D eigenvalue weighted by Crippen LogP contribution is 2.40. The lowest BCUT2D eigenvalue weighted by Crippen LogP contribution is -2.50. The first-order chi connectivity index (χ1) is 11.7. The summed E-state index contributed by atoms with van der Waals surface area (Å²) in [6.45, 7) is 3.72. The van der Waals surface area contributed by atoms with Gasteiger partial charge in [0.1, 0.15) is 5.82 Å². The number of likely N-dealkylation sites (tertiary alicyclic amines) is 1. The van der Waals surface area contributed by atoms with Gasteiger partial charge < -0.3 is 19.9 Å². The Morgan fingerprint density at radius 1 is 1.46 bits per heavy atom. The fourth-order valence-electron chi connectivity index (χ4n) is 3.21. The van der Waals surface area contributed by atoms with E-state index in [2.05, 4.69) is 22.2 Å². The van der Waals surface area contributed by atoms with Crippen LogP contribution in [0.3, 0.4) is 0 Å². The Hall–Kier alpha value is -1.04. The number of nitrogens with zero attached hydrogens (tertiary/aromatic N) is 4. The first kappa shape index (κ1) is 23.0. The molecule has 2 N–H and O–H groups in total. The highest BCUT2D eigenvalue weighted by molar-refractivity contribution is 14.0. The van der Waals surface area contributed by atoms with Crippen molar-refractivity contribution in [1.29, 1.82) is 0 Å². The van der Waals surface area contributed by atoms with Crippen molar-refractivity contribution in [3.8, 4) is 0 Å². The molecule has 6 nitrogen and oxygen atoms in total. The zero-order valence-corrected chi connectivity index (χ0v) is 17.6. The second-order valence-electron chi connectivity index (χ2n) is 6.64. The van der Waals surface area contributed by atoms with Crippen LogP contribution >= 0.6 is 24.0 Å². The van der Waals surface area contributed by atoms with Crippen LogP contribution in [-0.2, 0) is 12.6 Å². The summed E-state index contributed by atoms with van der Waals surface area (Å²) < 4.78 is 41.7. The van der Waals surface area contributed by atoms with Crippen LogP contribution < -0.4 is 5.32 Å². The smallest absolute Gasteiger partial charge is 0.374 e. The lowest BCUT2D eigenvalue weighted by Gasteiger charge is -2.34. The second kappa shape index (κ2) is 9.25. The topological polar surface area (TPSA) is 65.7 Å². The van der Waals surface area contributed by atoms with Gasteiger partial charge >= 0.3 is 6.18 Å². The molecule has 2 atom stereocenters. The van der Waals surface area contributed by atoms with Gasteiger partial charge in [-0.05, 0) is 18.8 Å². The molecule has 10 heteroatoms. The van der Waals surface area contributed by atoms with Gasteiger partial charge in [-0.25, -0.2) is 4.98 Å². The number of hydrogen-bond donors (Lipinski definition) is 2. The molecule has 2 heterocycles. The number of aryl methyl sites for hydroxylation is 1. The molecule has 0 saturated carbocycles. The molecule has 0 bridgehead atoms. The molecule has 0 spiro atoms. The van der Waals surface area contributed by atoms with E-state index in [1.807, 2.05) is 4.90 Å². The van der Waals surface area contributed by atoms with Crippen LogP contribution in [0.5, 0.6) is 0 Å². The lowest BCUT2D eigenvalue weighted by molar-refractivity contribution is -0.272. The van der Waals surface area contributed by atoms with Crippen molar-refractivity contribution in [1.82, 2.24) is 19.8 Å². The highest BCUT2D eigenvalue weighted by atomic mass is 127. The molecule has 1 aromatic rings. The predicted molar refractivity (Wildman–Crippen MR) is 105 cm³/mol. The van der Waals surface area contributed by atoms with Gasteiger partial charge in [-0.2, -0.15) is 13.2 Å². The van der Waals surface area contributed by atoms with Gasteiger partial charge in [0.2, 0.25) is 5.60 Å². The monoisotopic (exact) mass is 489 g/mol. The van der Waals surface area contributed by atoms with Gasteiger partial charge in [0.05, 0.1) is 0 Å². The van der Waals surface area contributed by atoms with Gasteiger partial charge in [0.15, 0.2) is 5.96 Å². The quantitative estimate of drug-likeness (QED) is 0.388. The first-order valence-corrected chi connectivity index (χ1v) is 8.41. The van der Waals surface area contributed by atoms with Crippen LogP contribution in [0, 0.1) is 5.92 Å². The number of alkyl halides is 3. The summed E-state index contributed by atoms with van der Waals surface area (Å²) in [7, 11) is 3.04. The van der Waals surface area contributed by atoms with Crippen molar-refractivity contribution < 1.29 is 18.3 Å². The zero-order valence-electron chi connectivity index (χ0n) is 15.3. The maximum absolute atomic E-state index is 13.5. The van der Waals surface area contributed by atoms with Gasteiger partial charge in [-0.3, -0.25) is 4.99 Å². The average Bonchev–Trinajstić information content (AvgIpc) is 2.97. The minimum absolute atomic E-state index is 0. The molecular weight excluding hydrogens is 462 g/mol. The summed E-state index contributed by atoms with van der Waals surface area (Å²) in [6.07, 6.45) is -0.579. The van der Waals surface area contributed by atoms with Crippen molar-refractivity contribution in [3.63, 3.8) is 0 Å². The summed E-state index contributed by atoms with van der Waals surface area (Å²) in [5, 5.41) is 13.3. The number of halogens is 4. The summed E-state index contributed by atoms with van der Waals surface area (Å²) in [5.41, 5.74) is -3.01. The molecule has 2 rings (SSSR count). The molecular formula is C16H27F3IN5O. The molecule has 2 unspecified atom stereocenters. The van der Waals surface area contributed by atoms with Gasteiger partial charge in [-0.1, -0.05) is 6.92 Å². The van der Waals surface area contributed by atoms with E-state index in [0.717, 1.165) is 25.9 Å². The highest BCUT2D eigenvalue weighted by Gasteiger charge is 2.57. The van der Waals surface area contributed by atoms with Gasteiger partial charge in [-0.15, -0.1) is 24.0 Å². The number of aliphatic hydroxyl groups is 1. The number of aliphatic imine (C=N–C) groups is 1. The maximum atomic E-state index is 13.5. The van der Waals surface area contributed by atoms with Crippen LogP contribution in [0.25, 0.3) is 0 Å². The van der Waals surface area contributed by atoms with E-state index in [1.54, 1.807) is 7.05 Å². The van der Waals surface area contributed by atoms with Crippen molar-refractivity contribution in [2.75, 3.05) is 26.7 Å². The third-order valence-corrected chi connectivity index (χ3v) is 4.60. The minimum atomic E-state index is -4.82. The largest absolute Gasteiger partial charge is 0.424 e. The van der Waals surface area contributed by atoms with E-state index in [4.69, 9.17) is 0 Å². The van der Waals surface area contributed by atoms with E-state index in [9.17, 15) is 18.3 Å². The van der Waals surface area contributed by atoms with Crippen LogP contribution in [0.4, 0.5) is 13.2 Å². The normalized spacial score (nSPS) is 21.1. The molecule has 0 aliphatic carbocycles. The van der Waals surface area contributed by atoms with Gasteiger partial charge in [0, 0.05) is 52.5 Å². The molecule has 1 fully saturated rings. The number of aromatic nitrogens is 2. The fourth-order valence-corrected chi connectivity index (χ4v) is 3.21. The van der Waals surface area contributed by atoms with Gasteiger partial charge in [0.25, 0.3) is 0 Å². The maximum Gasteiger partial charge on any atom is 0.424 e. The Morgan fingerprint density at radius 2 is 2.15 bits per heavy atom. The third-order valence-electron chi connectivity index (χ3n) is 4.60. The lowest BCUT2D eigenvalue weighted by atomic mass is 9.97. The Kier molecular flexibility index (Phi) is 8.18. The number of rotatable bonds is 4. The number of piperidine rings is 1. The SMILES string of the molecule is CN=C(NCCC(O)(c1nccn1C)C(F)(F)F)N1CCCC(C)C1.I. The van der Waals surface area contributed by atoms with E-state index in [-0.39, 0.29) is 30.5 Å². The van der Waals surface area contributed by atoms with Crippen molar-refractivity contribution >= 4 is 29.9 Å². The molecule has 0 aromatic carbocycles. The Labute approximate surface area is 168 Å². The van der Waals surface area contributed by atoms with Crippen LogP contribution in [0.15, 0.2) is 17.4 Å². The molecule has 1 aromatic heterocycles. The predicted octanol–water partition coefficient (Wildman–Crippen LogP) is 2.49. The minimum Gasteiger partial charge on any atom is -0.374 e. The Morgan fingerprint density at radius 3 is 2.65 bits per heavy atom. The third kappa shape index (κ3) is 5.02. The molecule has 26 heavy (non-hydrogen) atoms. The van der Waals surface area contributed by atoms with E-state index >= 15 is 0 Å². The van der Waals surface area contributed by atoms with Crippen molar-refractivity contribution in [2.24, 2.45) is 18.0 Å². The molecule has 1 aliphatic heterocycles. The van der Waals surface area contributed by atoms with Crippen LogP contribution in [0.1, 0.15) is 32.0 Å². The second-order valence-corrected chi connectivity index (χ2v) is 6.64. The van der Waals surface area contributed by atoms with Crippen LogP contribution in [-0.4, -0.2) is 58.4 Å². The average molecular weight is 489 g/mol. The molecule has 1 saturated heterocycles. The first-order valence-electron chi connectivity index (χ1n) is 8.41. The van der Waals surface area contributed by atoms with Crippen LogP contribution in [0.2, 0.25) is 0 Å². The zero-order chi connectivity index (χ0) is 18.7. The number of hydrogen-bond acceptors (Lipinski definition) is 3. The summed E-state index contributed by atoms with van der Waals surface area (Å²) in [6, 6.07) is 0. The molecule has 1 aliphatic rings. The van der Waals surface area contributed by atoms with E-state index in [0.29, 0.717) is 11.9 Å². The Bertz CT molecular complexity index is 607. The summed E-state index contributed by atoms with van der Waals surface area (Å²) >= 11 is 0. The standard InChI is InChI=1S/C16H26F3N5O.HI/c1-12-5-4-9-24(11-12)14(20-2)22-7-6-15(25,16(17,18)19)13-21-8-10-23(13)3;/h8,10,12,25H,4-7,9,11H2,1-3H3,(H,20,22);1H. The van der Waals surface area contributed by atoms with E-state index < -0.39 is 24.0 Å².